The summed E-state index contributed by atoms with van der Waals surface area (Å²) >= 11 is 0. The highest BCUT2D eigenvalue weighted by atomic mass is 19.4. The third-order valence-electron chi connectivity index (χ3n) is 6.34. The smallest absolute Gasteiger partial charge is 0.365 e. The first-order valence-electron chi connectivity index (χ1n) is 11.2. The van der Waals surface area contributed by atoms with Crippen LogP contribution in [0, 0.1) is 5.82 Å². The van der Waals surface area contributed by atoms with Gasteiger partial charge in [-0.25, -0.2) is 4.39 Å². The van der Waals surface area contributed by atoms with Crippen molar-refractivity contribution in [2.24, 2.45) is 7.05 Å². The average Bonchev–Trinajstić information content (AvgIpc) is 3.26. The maximum absolute atomic E-state index is 13.4. The Morgan fingerprint density at radius 1 is 1.03 bits per heavy atom. The molecule has 1 aliphatic heterocycles. The van der Waals surface area contributed by atoms with Crippen LogP contribution in [0.25, 0.3) is 22.2 Å². The number of fused-ring (bicyclic) bond motifs is 1. The van der Waals surface area contributed by atoms with Crippen LogP contribution in [-0.2, 0) is 19.8 Å². The number of aryl methyl sites for hydroxylation is 1. The lowest BCUT2D eigenvalue weighted by Crippen LogP contribution is -2.39. The van der Waals surface area contributed by atoms with Gasteiger partial charge >= 0.3 is 6.18 Å². The molecule has 11 heteroatoms. The predicted molar refractivity (Wildman–Crippen MR) is 123 cm³/mol. The van der Waals surface area contributed by atoms with Crippen molar-refractivity contribution < 1.29 is 17.6 Å². The fourth-order valence-electron chi connectivity index (χ4n) is 4.52. The molecule has 35 heavy (non-hydrogen) atoms. The number of benzene rings is 1. The van der Waals surface area contributed by atoms with Gasteiger partial charge in [-0.3, -0.25) is 14.6 Å². The Kier molecular flexibility index (Phi) is 6.10. The van der Waals surface area contributed by atoms with E-state index in [4.69, 9.17) is 0 Å². The topological polar surface area (TPSA) is 71.8 Å². The van der Waals surface area contributed by atoms with Crippen molar-refractivity contribution in [3.63, 3.8) is 0 Å². The number of aromatic nitrogens is 5. The first-order chi connectivity index (χ1) is 16.8. The highest BCUT2D eigenvalue weighted by Crippen LogP contribution is 2.34. The zero-order valence-corrected chi connectivity index (χ0v) is 18.9. The molecule has 1 N–H and O–H groups in total. The Hall–Kier alpha value is -3.60. The van der Waals surface area contributed by atoms with Crippen molar-refractivity contribution in [2.45, 2.75) is 31.6 Å². The second-order valence-electron chi connectivity index (χ2n) is 8.65. The second kappa shape index (κ2) is 9.21. The molecule has 0 atom stereocenters. The molecule has 182 valence electrons. The number of halogens is 4. The van der Waals surface area contributed by atoms with Gasteiger partial charge in [0.05, 0.1) is 11.3 Å². The van der Waals surface area contributed by atoms with Crippen molar-refractivity contribution in [1.29, 1.82) is 0 Å². The molecule has 0 bridgehead atoms. The van der Waals surface area contributed by atoms with E-state index >= 15 is 0 Å². The SMILES string of the molecule is Cn1nccc1-c1nnc(NC2CCN(Cc3ccc(F)cc3C(F)(F)F)CC2)c2cnccc12. The first kappa shape index (κ1) is 23.2. The number of rotatable bonds is 5. The lowest BCUT2D eigenvalue weighted by Gasteiger charge is -2.33. The average molecular weight is 485 g/mol. The van der Waals surface area contributed by atoms with Crippen molar-refractivity contribution in [2.75, 3.05) is 18.4 Å². The number of nitrogens with one attached hydrogen (secondary N) is 1. The summed E-state index contributed by atoms with van der Waals surface area (Å²) in [5.74, 6) is -0.267. The molecule has 0 aliphatic carbocycles. The molecule has 1 aliphatic rings. The van der Waals surface area contributed by atoms with Gasteiger partial charge in [-0.2, -0.15) is 18.3 Å². The van der Waals surface area contributed by atoms with E-state index in [9.17, 15) is 17.6 Å². The highest BCUT2D eigenvalue weighted by molar-refractivity contribution is 5.99. The van der Waals surface area contributed by atoms with E-state index in [0.717, 1.165) is 35.4 Å². The maximum atomic E-state index is 13.4. The summed E-state index contributed by atoms with van der Waals surface area (Å²) < 4.78 is 55.2. The molecule has 0 amide bonds. The van der Waals surface area contributed by atoms with Crippen LogP contribution in [0.3, 0.4) is 0 Å². The summed E-state index contributed by atoms with van der Waals surface area (Å²) in [7, 11) is 1.84. The minimum absolute atomic E-state index is 0.0824. The number of hydrogen-bond acceptors (Lipinski definition) is 6. The van der Waals surface area contributed by atoms with Crippen LogP contribution in [0.5, 0.6) is 0 Å². The third-order valence-corrected chi connectivity index (χ3v) is 6.34. The molecule has 5 rings (SSSR count). The van der Waals surface area contributed by atoms with E-state index in [-0.39, 0.29) is 18.2 Å². The van der Waals surface area contributed by atoms with Gasteiger partial charge in [0.1, 0.15) is 11.5 Å². The lowest BCUT2D eigenvalue weighted by atomic mass is 10.0. The van der Waals surface area contributed by atoms with Crippen LogP contribution in [-0.4, -0.2) is 49.0 Å². The summed E-state index contributed by atoms with van der Waals surface area (Å²) in [4.78, 5) is 6.20. The first-order valence-corrected chi connectivity index (χ1v) is 11.2. The van der Waals surface area contributed by atoms with E-state index in [2.05, 4.69) is 25.6 Å². The fraction of sp³-hybridized carbons (Fsp3) is 0.333. The van der Waals surface area contributed by atoms with Crippen molar-refractivity contribution >= 4 is 16.6 Å². The number of anilines is 1. The van der Waals surface area contributed by atoms with Crippen LogP contribution in [0.2, 0.25) is 0 Å². The standard InChI is InChI=1S/C24H23F4N7/c1-34-21(5-9-30-34)22-18-4-8-29-13-19(18)23(33-32-22)31-17-6-10-35(11-7-17)14-15-2-3-16(25)12-20(15)24(26,27)28/h2-5,8-9,12-13,17H,6-7,10-11,14H2,1H3,(H,31,33). The Bertz CT molecular complexity index is 1340. The lowest BCUT2D eigenvalue weighted by molar-refractivity contribution is -0.138. The Morgan fingerprint density at radius 2 is 1.83 bits per heavy atom. The fourth-order valence-corrected chi connectivity index (χ4v) is 4.52. The van der Waals surface area contributed by atoms with Crippen LogP contribution >= 0.6 is 0 Å². The molecule has 7 nitrogen and oxygen atoms in total. The van der Waals surface area contributed by atoms with Gasteiger partial charge in [0, 0.05) is 62.1 Å². The molecule has 4 heterocycles. The summed E-state index contributed by atoms with van der Waals surface area (Å²) in [6, 6.07) is 6.71. The van der Waals surface area contributed by atoms with Crippen molar-refractivity contribution in [3.05, 3.63) is 65.9 Å². The molecular formula is C24H23F4N7. The highest BCUT2D eigenvalue weighted by Gasteiger charge is 2.34. The third kappa shape index (κ3) is 4.81. The number of piperidine rings is 1. The van der Waals surface area contributed by atoms with Crippen LogP contribution in [0.1, 0.15) is 24.0 Å². The molecule has 1 saturated heterocycles. The van der Waals surface area contributed by atoms with Gasteiger partial charge in [0.15, 0.2) is 5.82 Å². The molecule has 0 saturated carbocycles. The van der Waals surface area contributed by atoms with E-state index < -0.39 is 17.6 Å². The van der Waals surface area contributed by atoms with E-state index in [0.29, 0.717) is 30.7 Å². The minimum Gasteiger partial charge on any atom is -0.365 e. The van der Waals surface area contributed by atoms with Gasteiger partial charge in [0.2, 0.25) is 0 Å². The van der Waals surface area contributed by atoms with Gasteiger partial charge in [-0.05, 0) is 42.7 Å². The van der Waals surface area contributed by atoms with Crippen molar-refractivity contribution in [3.8, 4) is 11.4 Å². The minimum atomic E-state index is -4.59. The molecule has 0 unspecified atom stereocenters. The van der Waals surface area contributed by atoms with Gasteiger partial charge in [-0.15, -0.1) is 10.2 Å². The van der Waals surface area contributed by atoms with Crippen LogP contribution in [0.15, 0.2) is 48.9 Å². The Morgan fingerprint density at radius 3 is 2.54 bits per heavy atom. The van der Waals surface area contributed by atoms with Gasteiger partial charge in [-0.1, -0.05) is 6.07 Å². The summed E-state index contributed by atoms with van der Waals surface area (Å²) in [6.07, 6.45) is 2.00. The quantitative estimate of drug-likeness (QED) is 0.415. The van der Waals surface area contributed by atoms with Gasteiger partial charge in [0.25, 0.3) is 0 Å². The second-order valence-corrected chi connectivity index (χ2v) is 8.65. The Balaban J connectivity index is 1.29. The normalized spacial score (nSPS) is 15.6. The Labute approximate surface area is 198 Å². The number of likely N-dealkylation sites (tertiary alicyclic amines) is 1. The zero-order chi connectivity index (χ0) is 24.6. The molecule has 1 fully saturated rings. The number of nitrogens with zero attached hydrogens (tertiary/aromatic N) is 6. The van der Waals surface area contributed by atoms with E-state index in [1.54, 1.807) is 23.3 Å². The number of alkyl halides is 3. The molecule has 3 aromatic heterocycles. The molecule has 0 spiro atoms. The summed E-state index contributed by atoms with van der Waals surface area (Å²) in [6.45, 7) is 1.32. The number of pyridine rings is 1. The molecule has 4 aromatic rings. The largest absolute Gasteiger partial charge is 0.416 e. The van der Waals surface area contributed by atoms with Gasteiger partial charge < -0.3 is 5.32 Å². The maximum Gasteiger partial charge on any atom is 0.416 e. The van der Waals surface area contributed by atoms with Crippen LogP contribution in [0.4, 0.5) is 23.4 Å². The zero-order valence-electron chi connectivity index (χ0n) is 18.9. The van der Waals surface area contributed by atoms with Crippen molar-refractivity contribution in [1.82, 2.24) is 29.9 Å². The molecule has 0 radical (unpaired) electrons. The number of hydrogen-bond donors (Lipinski definition) is 1. The van der Waals surface area contributed by atoms with E-state index in [1.807, 2.05) is 24.1 Å². The van der Waals surface area contributed by atoms with Crippen LogP contribution < -0.4 is 5.32 Å². The molecular weight excluding hydrogens is 462 g/mol. The summed E-state index contributed by atoms with van der Waals surface area (Å²) in [5, 5.41) is 18.2. The van der Waals surface area contributed by atoms with E-state index in [1.165, 1.54) is 6.07 Å². The predicted octanol–water partition coefficient (Wildman–Crippen LogP) is 4.66. The molecule has 1 aromatic carbocycles. The summed E-state index contributed by atoms with van der Waals surface area (Å²) in [5.41, 5.74) is 0.717. The monoisotopic (exact) mass is 485 g/mol.